The van der Waals surface area contributed by atoms with E-state index in [1.807, 2.05) is 32.0 Å². The van der Waals surface area contributed by atoms with Crippen LogP contribution in [0.2, 0.25) is 0 Å². The largest absolute Gasteiger partial charge is 0.343 e. The van der Waals surface area contributed by atoms with Crippen LogP contribution in [0.25, 0.3) is 0 Å². The fourth-order valence-corrected chi connectivity index (χ4v) is 4.31. The molecular formula is C23H22FN5O. The van der Waals surface area contributed by atoms with Crippen LogP contribution in [0.3, 0.4) is 0 Å². The molecule has 3 heterocycles. The molecule has 7 heteroatoms. The highest BCUT2D eigenvalue weighted by atomic mass is 19.1. The lowest BCUT2D eigenvalue weighted by molar-refractivity contribution is 0.0726. The van der Waals surface area contributed by atoms with Gasteiger partial charge >= 0.3 is 0 Å². The normalized spacial score (nSPS) is 17.4. The van der Waals surface area contributed by atoms with Crippen molar-refractivity contribution in [2.24, 2.45) is 0 Å². The molecule has 2 aromatic heterocycles. The number of carbonyl (C=O) groups is 1. The number of fused-ring (bicyclic) bond motifs is 3. The van der Waals surface area contributed by atoms with E-state index < -0.39 is 0 Å². The predicted molar refractivity (Wildman–Crippen MR) is 111 cm³/mol. The van der Waals surface area contributed by atoms with Crippen LogP contribution in [0.15, 0.2) is 42.7 Å². The van der Waals surface area contributed by atoms with Gasteiger partial charge in [-0.1, -0.05) is 18.2 Å². The van der Waals surface area contributed by atoms with Crippen LogP contribution >= 0.6 is 0 Å². The molecule has 3 aromatic rings. The first kappa shape index (κ1) is 18.7. The number of nitrogens with one attached hydrogen (secondary N) is 1. The van der Waals surface area contributed by atoms with Crippen LogP contribution in [0.5, 0.6) is 0 Å². The van der Waals surface area contributed by atoms with Gasteiger partial charge in [0.05, 0.1) is 12.6 Å². The topological polar surface area (TPSA) is 71.0 Å². The SMILES string of the molecule is CC(C)N1Cc2cnc(NC3c4cccnc4CCc4c(F)cccc43)nc2C1=O. The average molecular weight is 403 g/mol. The van der Waals surface area contributed by atoms with Crippen LogP contribution < -0.4 is 5.32 Å². The van der Waals surface area contributed by atoms with Crippen molar-refractivity contribution >= 4 is 11.9 Å². The van der Waals surface area contributed by atoms with Gasteiger partial charge in [-0.3, -0.25) is 9.78 Å². The Morgan fingerprint density at radius 2 is 1.97 bits per heavy atom. The van der Waals surface area contributed by atoms with Gasteiger partial charge < -0.3 is 10.2 Å². The van der Waals surface area contributed by atoms with Gasteiger partial charge in [0, 0.05) is 35.3 Å². The molecule has 30 heavy (non-hydrogen) atoms. The Balaban J connectivity index is 1.56. The second kappa shape index (κ2) is 7.16. The molecule has 1 unspecified atom stereocenters. The monoisotopic (exact) mass is 403 g/mol. The number of anilines is 1. The minimum atomic E-state index is -0.349. The first-order valence-electron chi connectivity index (χ1n) is 10.2. The summed E-state index contributed by atoms with van der Waals surface area (Å²) in [4.78, 5) is 28.0. The number of benzene rings is 1. The van der Waals surface area contributed by atoms with E-state index in [-0.39, 0.29) is 23.8 Å². The maximum Gasteiger partial charge on any atom is 0.273 e. The molecule has 1 aliphatic heterocycles. The summed E-state index contributed by atoms with van der Waals surface area (Å²) >= 11 is 0. The lowest BCUT2D eigenvalue weighted by Gasteiger charge is -2.21. The van der Waals surface area contributed by atoms with Crippen molar-refractivity contribution in [3.8, 4) is 0 Å². The lowest BCUT2D eigenvalue weighted by Crippen LogP contribution is -2.31. The Kier molecular flexibility index (Phi) is 4.46. The Hall–Kier alpha value is -3.35. The predicted octanol–water partition coefficient (Wildman–Crippen LogP) is 3.68. The molecule has 0 spiro atoms. The number of hydrogen-bond donors (Lipinski definition) is 1. The molecule has 0 saturated carbocycles. The van der Waals surface area contributed by atoms with Crippen molar-refractivity contribution < 1.29 is 9.18 Å². The van der Waals surface area contributed by atoms with E-state index in [9.17, 15) is 9.18 Å². The van der Waals surface area contributed by atoms with Gasteiger partial charge in [0.1, 0.15) is 11.5 Å². The van der Waals surface area contributed by atoms with E-state index in [1.165, 1.54) is 6.07 Å². The summed E-state index contributed by atoms with van der Waals surface area (Å²) in [5.74, 6) is 0.0502. The number of hydrogen-bond acceptors (Lipinski definition) is 5. The Morgan fingerprint density at radius 1 is 1.13 bits per heavy atom. The van der Waals surface area contributed by atoms with E-state index in [0.29, 0.717) is 36.6 Å². The highest BCUT2D eigenvalue weighted by Crippen LogP contribution is 2.35. The number of pyridine rings is 1. The molecule has 1 N–H and O–H groups in total. The molecule has 0 radical (unpaired) electrons. The summed E-state index contributed by atoms with van der Waals surface area (Å²) in [5.41, 5.74) is 4.68. The smallest absolute Gasteiger partial charge is 0.273 e. The van der Waals surface area contributed by atoms with Crippen LogP contribution in [0, 0.1) is 5.82 Å². The molecule has 0 bridgehead atoms. The summed E-state index contributed by atoms with van der Waals surface area (Å²) in [6.45, 7) is 4.49. The van der Waals surface area contributed by atoms with Gasteiger partial charge in [0.2, 0.25) is 5.95 Å². The molecule has 0 fully saturated rings. The Morgan fingerprint density at radius 3 is 2.80 bits per heavy atom. The molecule has 2 aliphatic rings. The van der Waals surface area contributed by atoms with E-state index in [4.69, 9.17) is 0 Å². The molecular weight excluding hydrogens is 381 g/mol. The van der Waals surface area contributed by atoms with Crippen LogP contribution in [0.4, 0.5) is 10.3 Å². The summed E-state index contributed by atoms with van der Waals surface area (Å²) in [6.07, 6.45) is 4.71. The first-order chi connectivity index (χ1) is 14.5. The number of halogens is 1. The Bertz CT molecular complexity index is 1150. The number of carbonyl (C=O) groups excluding carboxylic acids is 1. The van der Waals surface area contributed by atoms with Crippen molar-refractivity contribution in [3.63, 3.8) is 0 Å². The highest BCUT2D eigenvalue weighted by Gasteiger charge is 2.32. The van der Waals surface area contributed by atoms with Gasteiger partial charge in [0.25, 0.3) is 5.91 Å². The van der Waals surface area contributed by atoms with E-state index in [0.717, 1.165) is 22.4 Å². The number of amides is 1. The third kappa shape index (κ3) is 3.01. The molecule has 0 saturated heterocycles. The maximum atomic E-state index is 14.6. The van der Waals surface area contributed by atoms with E-state index in [1.54, 1.807) is 23.4 Å². The molecule has 1 atom stereocenters. The first-order valence-corrected chi connectivity index (χ1v) is 10.2. The zero-order valence-corrected chi connectivity index (χ0v) is 16.9. The van der Waals surface area contributed by atoms with Crippen molar-refractivity contribution in [1.29, 1.82) is 0 Å². The summed E-state index contributed by atoms with van der Waals surface area (Å²) < 4.78 is 14.6. The minimum Gasteiger partial charge on any atom is -0.343 e. The lowest BCUT2D eigenvalue weighted by atomic mass is 9.96. The number of aromatic nitrogens is 3. The van der Waals surface area contributed by atoms with Crippen LogP contribution in [-0.2, 0) is 19.4 Å². The van der Waals surface area contributed by atoms with Crippen molar-refractivity contribution in [3.05, 3.63) is 82.2 Å². The van der Waals surface area contributed by atoms with E-state index >= 15 is 0 Å². The summed E-state index contributed by atoms with van der Waals surface area (Å²) in [5, 5.41) is 3.36. The molecule has 1 aromatic carbocycles. The average Bonchev–Trinajstić information content (AvgIpc) is 2.98. The quantitative estimate of drug-likeness (QED) is 0.722. The summed E-state index contributed by atoms with van der Waals surface area (Å²) in [6, 6.07) is 8.76. The zero-order valence-electron chi connectivity index (χ0n) is 16.9. The molecule has 5 rings (SSSR count). The number of rotatable bonds is 3. The summed E-state index contributed by atoms with van der Waals surface area (Å²) in [7, 11) is 0. The second-order valence-corrected chi connectivity index (χ2v) is 8.02. The van der Waals surface area contributed by atoms with Crippen LogP contribution in [-0.4, -0.2) is 31.8 Å². The third-order valence-electron chi connectivity index (χ3n) is 5.88. The standard InChI is InChI=1S/C23H22FN5O/c1-13(2)29-12-14-11-26-23(27-20(14)22(29)30)28-21-16-5-3-7-18(24)15(16)8-9-19-17(21)6-4-10-25-19/h3-7,10-11,13,21H,8-9,12H2,1-2H3,(H,26,27,28). The van der Waals surface area contributed by atoms with Gasteiger partial charge in [-0.05, 0) is 49.9 Å². The van der Waals surface area contributed by atoms with Gasteiger partial charge in [-0.25, -0.2) is 14.4 Å². The van der Waals surface area contributed by atoms with Crippen LogP contribution in [0.1, 0.15) is 58.3 Å². The fraction of sp³-hybridized carbons (Fsp3) is 0.304. The maximum absolute atomic E-state index is 14.6. The van der Waals surface area contributed by atoms with Gasteiger partial charge in [-0.15, -0.1) is 0 Å². The van der Waals surface area contributed by atoms with Crippen molar-refractivity contribution in [2.45, 2.75) is 45.3 Å². The Labute approximate surface area is 174 Å². The molecule has 1 amide bonds. The third-order valence-corrected chi connectivity index (χ3v) is 5.88. The van der Waals surface area contributed by atoms with Crippen molar-refractivity contribution in [2.75, 3.05) is 5.32 Å². The zero-order chi connectivity index (χ0) is 20.8. The fourth-order valence-electron chi connectivity index (χ4n) is 4.31. The van der Waals surface area contributed by atoms with Crippen molar-refractivity contribution in [1.82, 2.24) is 19.9 Å². The van der Waals surface area contributed by atoms with Gasteiger partial charge in [-0.2, -0.15) is 0 Å². The highest BCUT2D eigenvalue weighted by molar-refractivity contribution is 5.96. The molecule has 1 aliphatic carbocycles. The number of aryl methyl sites for hydroxylation is 1. The second-order valence-electron chi connectivity index (χ2n) is 8.02. The minimum absolute atomic E-state index is 0.0835. The van der Waals surface area contributed by atoms with Gasteiger partial charge in [0.15, 0.2) is 0 Å². The number of nitrogens with zero attached hydrogens (tertiary/aromatic N) is 4. The van der Waals surface area contributed by atoms with E-state index in [2.05, 4.69) is 20.3 Å². The molecule has 152 valence electrons. The molecule has 6 nitrogen and oxygen atoms in total.